The Morgan fingerprint density at radius 2 is 2.40 bits per heavy atom. The molecule has 6 nitrogen and oxygen atoms in total. The number of hydrogen-bond acceptors (Lipinski definition) is 6. The molecule has 0 atom stereocenters. The van der Waals surface area contributed by atoms with E-state index in [0.29, 0.717) is 18.2 Å². The first kappa shape index (κ1) is 9.45. The number of aromatic nitrogens is 3. The summed E-state index contributed by atoms with van der Waals surface area (Å²) in [5.74, 6) is 1.94. The quantitative estimate of drug-likeness (QED) is 0.807. The molecular weight excluding hydrogens is 196 g/mol. The molecule has 0 aliphatic rings. The second-order valence-electron chi connectivity index (χ2n) is 2.78. The standard InChI is InChI=1S/C9H10N4O2/c1-14-9-4-8(11-6-12-9)10-5-7-2-3-13-15-7/h2-4,6H,5H2,1H3,(H,10,11,12). The summed E-state index contributed by atoms with van der Waals surface area (Å²) >= 11 is 0. The molecule has 0 radical (unpaired) electrons. The molecule has 0 saturated heterocycles. The van der Waals surface area contributed by atoms with Gasteiger partial charge in [-0.15, -0.1) is 0 Å². The van der Waals surface area contributed by atoms with Crippen LogP contribution >= 0.6 is 0 Å². The fraction of sp³-hybridized carbons (Fsp3) is 0.222. The Bertz CT molecular complexity index is 416. The van der Waals surface area contributed by atoms with E-state index in [9.17, 15) is 0 Å². The molecule has 78 valence electrons. The van der Waals surface area contributed by atoms with E-state index in [1.165, 1.54) is 6.33 Å². The highest BCUT2D eigenvalue weighted by atomic mass is 16.5. The minimum atomic E-state index is 0.519. The predicted octanol–water partition coefficient (Wildman–Crippen LogP) is 1.09. The topological polar surface area (TPSA) is 73.1 Å². The van der Waals surface area contributed by atoms with Gasteiger partial charge < -0.3 is 14.6 Å². The van der Waals surface area contributed by atoms with Crippen LogP contribution in [0.25, 0.3) is 0 Å². The summed E-state index contributed by atoms with van der Waals surface area (Å²) in [4.78, 5) is 7.92. The third-order valence-electron chi connectivity index (χ3n) is 1.79. The minimum Gasteiger partial charge on any atom is -0.481 e. The van der Waals surface area contributed by atoms with Crippen molar-refractivity contribution in [3.63, 3.8) is 0 Å². The van der Waals surface area contributed by atoms with Gasteiger partial charge in [-0.25, -0.2) is 9.97 Å². The van der Waals surface area contributed by atoms with Crippen LogP contribution in [0.1, 0.15) is 5.76 Å². The summed E-state index contributed by atoms with van der Waals surface area (Å²) in [6, 6.07) is 3.49. The van der Waals surface area contributed by atoms with Crippen molar-refractivity contribution < 1.29 is 9.26 Å². The number of nitrogens with zero attached hydrogens (tertiary/aromatic N) is 3. The lowest BCUT2D eigenvalue weighted by molar-refractivity contribution is 0.387. The summed E-state index contributed by atoms with van der Waals surface area (Å²) < 4.78 is 9.89. The molecule has 0 saturated carbocycles. The van der Waals surface area contributed by atoms with Gasteiger partial charge in [0.15, 0.2) is 5.76 Å². The molecular formula is C9H10N4O2. The number of ether oxygens (including phenoxy) is 1. The normalized spacial score (nSPS) is 9.93. The Morgan fingerprint density at radius 1 is 1.47 bits per heavy atom. The number of hydrogen-bond donors (Lipinski definition) is 1. The third kappa shape index (κ3) is 2.43. The Labute approximate surface area is 86.3 Å². The van der Waals surface area contributed by atoms with Gasteiger partial charge in [0.25, 0.3) is 0 Å². The summed E-state index contributed by atoms with van der Waals surface area (Å²) in [5.41, 5.74) is 0. The fourth-order valence-electron chi connectivity index (χ4n) is 1.06. The van der Waals surface area contributed by atoms with E-state index in [2.05, 4.69) is 20.4 Å². The summed E-state index contributed by atoms with van der Waals surface area (Å²) in [6.45, 7) is 0.528. The fourth-order valence-corrected chi connectivity index (χ4v) is 1.06. The molecule has 0 aliphatic carbocycles. The Balaban J connectivity index is 1.98. The van der Waals surface area contributed by atoms with Gasteiger partial charge in [0.05, 0.1) is 19.9 Å². The van der Waals surface area contributed by atoms with Crippen LogP contribution in [-0.4, -0.2) is 22.2 Å². The van der Waals surface area contributed by atoms with Crippen LogP contribution in [0, 0.1) is 0 Å². The molecule has 15 heavy (non-hydrogen) atoms. The second-order valence-corrected chi connectivity index (χ2v) is 2.78. The Morgan fingerprint density at radius 3 is 3.13 bits per heavy atom. The maximum Gasteiger partial charge on any atom is 0.218 e. The zero-order valence-electron chi connectivity index (χ0n) is 8.17. The van der Waals surface area contributed by atoms with Gasteiger partial charge in [-0.3, -0.25) is 0 Å². The van der Waals surface area contributed by atoms with Gasteiger partial charge in [0, 0.05) is 12.1 Å². The van der Waals surface area contributed by atoms with Crippen LogP contribution in [0.4, 0.5) is 5.82 Å². The molecule has 2 rings (SSSR count). The van der Waals surface area contributed by atoms with Crippen molar-refractivity contribution in [2.45, 2.75) is 6.54 Å². The van der Waals surface area contributed by atoms with Crippen molar-refractivity contribution in [2.24, 2.45) is 0 Å². The van der Waals surface area contributed by atoms with E-state index in [-0.39, 0.29) is 0 Å². The molecule has 6 heteroatoms. The van der Waals surface area contributed by atoms with Gasteiger partial charge in [-0.1, -0.05) is 5.16 Å². The van der Waals surface area contributed by atoms with Crippen LogP contribution in [-0.2, 0) is 6.54 Å². The largest absolute Gasteiger partial charge is 0.481 e. The highest BCUT2D eigenvalue weighted by Gasteiger charge is 2.00. The van der Waals surface area contributed by atoms with E-state index in [0.717, 1.165) is 5.76 Å². The molecule has 0 fully saturated rings. The third-order valence-corrected chi connectivity index (χ3v) is 1.79. The van der Waals surface area contributed by atoms with Gasteiger partial charge in [-0.2, -0.15) is 0 Å². The molecule has 2 aromatic rings. The van der Waals surface area contributed by atoms with Crippen molar-refractivity contribution in [3.8, 4) is 5.88 Å². The molecule has 2 aromatic heterocycles. The molecule has 2 heterocycles. The number of methoxy groups -OCH3 is 1. The molecule has 0 amide bonds. The Kier molecular flexibility index (Phi) is 2.77. The lowest BCUT2D eigenvalue weighted by atomic mass is 10.4. The van der Waals surface area contributed by atoms with Crippen molar-refractivity contribution in [1.82, 2.24) is 15.1 Å². The van der Waals surface area contributed by atoms with Crippen molar-refractivity contribution in [1.29, 1.82) is 0 Å². The first-order valence-corrected chi connectivity index (χ1v) is 4.38. The first-order chi connectivity index (χ1) is 7.38. The highest BCUT2D eigenvalue weighted by molar-refractivity contribution is 5.37. The van der Waals surface area contributed by atoms with Crippen LogP contribution in [0.5, 0.6) is 5.88 Å². The molecule has 0 unspecified atom stereocenters. The summed E-state index contributed by atoms with van der Waals surface area (Å²) in [7, 11) is 1.56. The molecule has 0 spiro atoms. The summed E-state index contributed by atoms with van der Waals surface area (Å²) in [5, 5.41) is 6.65. The lowest BCUT2D eigenvalue weighted by Crippen LogP contribution is -2.01. The van der Waals surface area contributed by atoms with Crippen molar-refractivity contribution in [2.75, 3.05) is 12.4 Å². The van der Waals surface area contributed by atoms with Gasteiger partial charge in [-0.05, 0) is 0 Å². The second kappa shape index (κ2) is 4.41. The molecule has 0 aromatic carbocycles. The van der Waals surface area contributed by atoms with E-state index in [4.69, 9.17) is 9.26 Å². The van der Waals surface area contributed by atoms with E-state index < -0.39 is 0 Å². The average molecular weight is 206 g/mol. The summed E-state index contributed by atoms with van der Waals surface area (Å²) in [6.07, 6.45) is 3.03. The van der Waals surface area contributed by atoms with Gasteiger partial charge >= 0.3 is 0 Å². The molecule has 0 aliphatic heterocycles. The van der Waals surface area contributed by atoms with Crippen LogP contribution in [0.3, 0.4) is 0 Å². The SMILES string of the molecule is COc1cc(NCc2ccno2)ncn1. The van der Waals surface area contributed by atoms with E-state index in [1.807, 2.05) is 0 Å². The number of nitrogens with one attached hydrogen (secondary N) is 1. The van der Waals surface area contributed by atoms with Crippen LogP contribution in [0.2, 0.25) is 0 Å². The van der Waals surface area contributed by atoms with E-state index >= 15 is 0 Å². The maximum absolute atomic E-state index is 4.96. The predicted molar refractivity (Wildman–Crippen MR) is 52.4 cm³/mol. The van der Waals surface area contributed by atoms with Crippen LogP contribution < -0.4 is 10.1 Å². The smallest absolute Gasteiger partial charge is 0.218 e. The zero-order chi connectivity index (χ0) is 10.5. The van der Waals surface area contributed by atoms with Crippen LogP contribution in [0.15, 0.2) is 29.2 Å². The van der Waals surface area contributed by atoms with Crippen molar-refractivity contribution >= 4 is 5.82 Å². The highest BCUT2D eigenvalue weighted by Crippen LogP contribution is 2.11. The number of rotatable bonds is 4. The first-order valence-electron chi connectivity index (χ1n) is 4.38. The lowest BCUT2D eigenvalue weighted by Gasteiger charge is -2.03. The minimum absolute atomic E-state index is 0.519. The number of anilines is 1. The monoisotopic (exact) mass is 206 g/mol. The maximum atomic E-state index is 4.96. The molecule has 1 N–H and O–H groups in total. The van der Waals surface area contributed by atoms with Crippen molar-refractivity contribution in [3.05, 3.63) is 30.4 Å². The average Bonchev–Trinajstić information content (AvgIpc) is 2.79. The zero-order valence-corrected chi connectivity index (χ0v) is 8.17. The molecule has 0 bridgehead atoms. The van der Waals surface area contributed by atoms with Gasteiger partial charge in [0.2, 0.25) is 5.88 Å². The van der Waals surface area contributed by atoms with E-state index in [1.54, 1.807) is 25.4 Å². The Hall–Kier alpha value is -2.11. The van der Waals surface area contributed by atoms with Gasteiger partial charge in [0.1, 0.15) is 12.1 Å².